The van der Waals surface area contributed by atoms with E-state index in [1.54, 1.807) is 6.92 Å². The van der Waals surface area contributed by atoms with Crippen LogP contribution < -0.4 is 11.1 Å². The van der Waals surface area contributed by atoms with E-state index in [1.165, 1.54) is 0 Å². The van der Waals surface area contributed by atoms with Crippen LogP contribution in [0.4, 0.5) is 18.0 Å². The van der Waals surface area contributed by atoms with Crippen molar-refractivity contribution < 1.29 is 42.1 Å². The molecule has 0 unspecified atom stereocenters. The molecule has 0 aromatic heterocycles. The van der Waals surface area contributed by atoms with Gasteiger partial charge in [-0.05, 0) is 45.2 Å². The number of carboxylic acid groups (broad SMARTS) is 1. The van der Waals surface area contributed by atoms with Crippen LogP contribution in [0.3, 0.4) is 0 Å². The monoisotopic (exact) mass is 448 g/mol. The first-order valence-corrected chi connectivity index (χ1v) is 9.32. The third-order valence-corrected chi connectivity index (χ3v) is 3.99. The van der Waals surface area contributed by atoms with Gasteiger partial charge in [0.2, 0.25) is 0 Å². The summed E-state index contributed by atoms with van der Waals surface area (Å²) in [7, 11) is 0. The van der Waals surface area contributed by atoms with Crippen molar-refractivity contribution in [3.8, 4) is 0 Å². The van der Waals surface area contributed by atoms with Crippen molar-refractivity contribution in [3.63, 3.8) is 0 Å². The predicted molar refractivity (Wildman–Crippen MR) is 104 cm³/mol. The van der Waals surface area contributed by atoms with Crippen molar-refractivity contribution in [2.75, 3.05) is 6.61 Å². The van der Waals surface area contributed by atoms with Crippen LogP contribution in [0.25, 0.3) is 0 Å². The smallest absolute Gasteiger partial charge is 0.475 e. The Hall–Kier alpha value is -2.66. The molecule has 1 amide bonds. The fourth-order valence-electron chi connectivity index (χ4n) is 2.27. The van der Waals surface area contributed by atoms with Gasteiger partial charge in [0.15, 0.2) is 5.78 Å². The maximum Gasteiger partial charge on any atom is 0.490 e. The number of halogens is 3. The molecule has 0 radical (unpaired) electrons. The molecule has 0 saturated carbocycles. The minimum absolute atomic E-state index is 0.0573. The minimum atomic E-state index is -5.08. The molecule has 1 aromatic carbocycles. The highest BCUT2D eigenvalue weighted by Gasteiger charge is 2.48. The number of ketones is 1. The number of nitrogens with one attached hydrogen (secondary N) is 1. The molecular formula is C20H27F3N2O6. The van der Waals surface area contributed by atoms with E-state index in [0.717, 1.165) is 11.1 Å². The number of carbonyl (C=O) groups excluding carboxylic acids is 2. The number of amides is 1. The molecule has 0 aliphatic carbocycles. The first-order valence-electron chi connectivity index (χ1n) is 9.32. The zero-order chi connectivity index (χ0) is 24.0. The van der Waals surface area contributed by atoms with E-state index in [0.29, 0.717) is 19.6 Å². The lowest BCUT2D eigenvalue weighted by atomic mass is 9.95. The third kappa shape index (κ3) is 9.79. The number of epoxide rings is 1. The molecule has 0 bridgehead atoms. The molecule has 2 rings (SSSR count). The number of aliphatic carboxylic acids is 1. The van der Waals surface area contributed by atoms with Crippen LogP contribution in [0.15, 0.2) is 24.3 Å². The van der Waals surface area contributed by atoms with E-state index in [9.17, 15) is 22.8 Å². The molecule has 31 heavy (non-hydrogen) atoms. The predicted octanol–water partition coefficient (Wildman–Crippen LogP) is 2.57. The van der Waals surface area contributed by atoms with Gasteiger partial charge in [0.1, 0.15) is 11.2 Å². The number of carboxylic acids is 1. The summed E-state index contributed by atoms with van der Waals surface area (Å²) in [5.74, 6) is -2.81. The summed E-state index contributed by atoms with van der Waals surface area (Å²) in [5, 5.41) is 9.83. The zero-order valence-corrected chi connectivity index (χ0v) is 17.7. The largest absolute Gasteiger partial charge is 0.490 e. The van der Waals surface area contributed by atoms with Crippen molar-refractivity contribution >= 4 is 17.8 Å². The van der Waals surface area contributed by atoms with Gasteiger partial charge >= 0.3 is 18.2 Å². The normalized spacial score (nSPS) is 18.8. The standard InChI is InChI=1S/C18H26N2O4.C2HF3O2/c1-17(2,3)24-16(22)20-10-13-7-5-12(6-8-13)9-14(19)15(21)18(4)11-23-18;3-2(4,5)1(6)7/h5-8,14H,9-11,19H2,1-4H3,(H,20,22);(H,6,7)/t14-,18+;/m0./s1. The molecule has 4 N–H and O–H groups in total. The van der Waals surface area contributed by atoms with Gasteiger partial charge in [0.05, 0.1) is 12.6 Å². The van der Waals surface area contributed by atoms with E-state index < -0.39 is 35.5 Å². The number of alkyl halides is 3. The fraction of sp³-hybridized carbons (Fsp3) is 0.550. The number of nitrogens with two attached hydrogens (primary N) is 1. The van der Waals surface area contributed by atoms with Gasteiger partial charge < -0.3 is 25.6 Å². The lowest BCUT2D eigenvalue weighted by molar-refractivity contribution is -0.192. The lowest BCUT2D eigenvalue weighted by Gasteiger charge is -2.19. The molecule has 2 atom stereocenters. The summed E-state index contributed by atoms with van der Waals surface area (Å²) in [6, 6.07) is 7.06. The average molecular weight is 448 g/mol. The number of ether oxygens (including phenoxy) is 2. The topological polar surface area (TPSA) is 131 Å². The van der Waals surface area contributed by atoms with E-state index in [-0.39, 0.29) is 5.78 Å². The molecule has 1 aliphatic rings. The average Bonchev–Trinajstić information content (AvgIpc) is 3.37. The van der Waals surface area contributed by atoms with Crippen molar-refractivity contribution in [1.29, 1.82) is 0 Å². The van der Waals surface area contributed by atoms with Gasteiger partial charge in [-0.15, -0.1) is 0 Å². The van der Waals surface area contributed by atoms with Crippen molar-refractivity contribution in [2.45, 2.75) is 64.1 Å². The molecule has 1 aromatic rings. The zero-order valence-electron chi connectivity index (χ0n) is 17.7. The highest BCUT2D eigenvalue weighted by atomic mass is 19.4. The number of carbonyl (C=O) groups is 3. The minimum Gasteiger partial charge on any atom is -0.475 e. The Kier molecular flexibility index (Phi) is 8.59. The molecule has 8 nitrogen and oxygen atoms in total. The van der Waals surface area contributed by atoms with Crippen LogP contribution in [0.2, 0.25) is 0 Å². The van der Waals surface area contributed by atoms with Gasteiger partial charge in [0, 0.05) is 6.54 Å². The van der Waals surface area contributed by atoms with Crippen molar-refractivity contribution in [1.82, 2.24) is 5.32 Å². The maximum absolute atomic E-state index is 12.1. The highest BCUT2D eigenvalue weighted by Crippen LogP contribution is 2.28. The van der Waals surface area contributed by atoms with Gasteiger partial charge in [-0.2, -0.15) is 13.2 Å². The molecule has 1 aliphatic heterocycles. The quantitative estimate of drug-likeness (QED) is 0.570. The molecule has 1 heterocycles. The van der Waals surface area contributed by atoms with Crippen LogP contribution in [-0.4, -0.2) is 53.0 Å². The summed E-state index contributed by atoms with van der Waals surface area (Å²) >= 11 is 0. The number of hydrogen-bond donors (Lipinski definition) is 3. The second-order valence-electron chi connectivity index (χ2n) is 8.17. The third-order valence-electron chi connectivity index (χ3n) is 3.99. The van der Waals surface area contributed by atoms with E-state index >= 15 is 0 Å². The Morgan fingerprint density at radius 2 is 1.65 bits per heavy atom. The lowest BCUT2D eigenvalue weighted by Crippen LogP contribution is -2.40. The first-order chi connectivity index (χ1) is 14.0. The summed E-state index contributed by atoms with van der Waals surface area (Å²) in [4.78, 5) is 32.6. The van der Waals surface area contributed by atoms with Crippen LogP contribution in [-0.2, 0) is 32.0 Å². The number of hydrogen-bond acceptors (Lipinski definition) is 6. The van der Waals surface area contributed by atoms with Crippen LogP contribution in [0.1, 0.15) is 38.8 Å². The Bertz CT molecular complexity index is 784. The van der Waals surface area contributed by atoms with Crippen molar-refractivity contribution in [2.24, 2.45) is 5.73 Å². The molecule has 1 saturated heterocycles. The summed E-state index contributed by atoms with van der Waals surface area (Å²) in [6.45, 7) is 8.05. The van der Waals surface area contributed by atoms with E-state index in [1.807, 2.05) is 45.0 Å². The SMILES string of the molecule is CC(C)(C)OC(=O)NCc1ccc(C[C@H](N)C(=O)[C@@]2(C)CO2)cc1.O=C(O)C(F)(F)F. The Labute approximate surface area is 177 Å². The fourth-order valence-corrected chi connectivity index (χ4v) is 2.27. The number of alkyl carbamates (subject to hydrolysis) is 1. The van der Waals surface area contributed by atoms with E-state index in [4.69, 9.17) is 25.1 Å². The van der Waals surface area contributed by atoms with Gasteiger partial charge in [-0.25, -0.2) is 9.59 Å². The summed E-state index contributed by atoms with van der Waals surface area (Å²) in [5.41, 5.74) is 6.69. The summed E-state index contributed by atoms with van der Waals surface area (Å²) < 4.78 is 42.1. The Morgan fingerprint density at radius 1 is 1.19 bits per heavy atom. The summed E-state index contributed by atoms with van der Waals surface area (Å²) in [6.07, 6.45) is -5.06. The molecule has 0 spiro atoms. The van der Waals surface area contributed by atoms with Gasteiger partial charge in [-0.1, -0.05) is 24.3 Å². The molecule has 11 heteroatoms. The Balaban J connectivity index is 0.000000592. The number of rotatable bonds is 6. The van der Waals surface area contributed by atoms with Crippen LogP contribution in [0, 0.1) is 0 Å². The van der Waals surface area contributed by atoms with Crippen molar-refractivity contribution in [3.05, 3.63) is 35.4 Å². The maximum atomic E-state index is 12.1. The van der Waals surface area contributed by atoms with Crippen LogP contribution >= 0.6 is 0 Å². The van der Waals surface area contributed by atoms with Gasteiger partial charge in [-0.3, -0.25) is 4.79 Å². The molecular weight excluding hydrogens is 421 g/mol. The molecule has 174 valence electrons. The number of benzene rings is 1. The van der Waals surface area contributed by atoms with E-state index in [2.05, 4.69) is 5.32 Å². The number of Topliss-reactive ketones (excluding diaryl/α,β-unsaturated/α-hetero) is 1. The molecule has 1 fully saturated rings. The van der Waals surface area contributed by atoms with Crippen LogP contribution in [0.5, 0.6) is 0 Å². The Morgan fingerprint density at radius 3 is 2.03 bits per heavy atom. The second-order valence-corrected chi connectivity index (χ2v) is 8.17. The second kappa shape index (κ2) is 10.1. The highest BCUT2D eigenvalue weighted by molar-refractivity contribution is 5.93. The first kappa shape index (κ1) is 26.4. The van der Waals surface area contributed by atoms with Gasteiger partial charge in [0.25, 0.3) is 0 Å².